The Labute approximate surface area is 134 Å². The first-order valence-corrected chi connectivity index (χ1v) is 7.70. The average Bonchev–Trinajstić information content (AvgIpc) is 2.57. The number of non-ortho nitro benzene ring substituents is 1. The molecule has 1 fully saturated rings. The summed E-state index contributed by atoms with van der Waals surface area (Å²) in [5, 5.41) is 14.1. The van der Waals surface area contributed by atoms with E-state index in [1.807, 2.05) is 12.1 Å². The van der Waals surface area contributed by atoms with E-state index in [4.69, 9.17) is 0 Å². The van der Waals surface area contributed by atoms with E-state index in [1.54, 1.807) is 30.6 Å². The maximum absolute atomic E-state index is 10.7. The molecule has 1 atom stereocenters. The van der Waals surface area contributed by atoms with Crippen molar-refractivity contribution in [1.29, 1.82) is 0 Å². The van der Waals surface area contributed by atoms with Crippen molar-refractivity contribution in [3.63, 3.8) is 0 Å². The minimum atomic E-state index is -0.371. The molecule has 0 radical (unpaired) electrons. The van der Waals surface area contributed by atoms with Crippen LogP contribution >= 0.6 is 0 Å². The van der Waals surface area contributed by atoms with Crippen LogP contribution in [-0.2, 0) is 6.54 Å². The fourth-order valence-electron chi connectivity index (χ4n) is 2.85. The third-order valence-electron chi connectivity index (χ3n) is 3.96. The number of nitro benzene ring substituents is 1. The zero-order valence-electron chi connectivity index (χ0n) is 12.8. The molecule has 1 N–H and O–H groups in total. The van der Waals surface area contributed by atoms with Crippen molar-refractivity contribution in [1.82, 2.24) is 14.9 Å². The number of benzene rings is 1. The average molecular weight is 313 g/mol. The van der Waals surface area contributed by atoms with E-state index in [9.17, 15) is 10.1 Å². The minimum Gasteiger partial charge on any atom is -0.350 e. The zero-order chi connectivity index (χ0) is 16.1. The van der Waals surface area contributed by atoms with E-state index in [1.165, 1.54) is 0 Å². The molecular weight excluding hydrogens is 294 g/mol. The second-order valence-corrected chi connectivity index (χ2v) is 5.71. The first kappa shape index (κ1) is 15.4. The van der Waals surface area contributed by atoms with Crippen LogP contribution in [0.25, 0.3) is 0 Å². The number of anilines is 1. The lowest BCUT2D eigenvalue weighted by Crippen LogP contribution is -2.41. The molecule has 1 aromatic heterocycles. The van der Waals surface area contributed by atoms with E-state index in [2.05, 4.69) is 20.2 Å². The van der Waals surface area contributed by atoms with Crippen LogP contribution in [0, 0.1) is 10.1 Å². The second kappa shape index (κ2) is 7.15. The quantitative estimate of drug-likeness (QED) is 0.674. The predicted molar refractivity (Wildman–Crippen MR) is 87.1 cm³/mol. The lowest BCUT2D eigenvalue weighted by Gasteiger charge is -2.33. The van der Waals surface area contributed by atoms with Crippen LogP contribution in [0.15, 0.2) is 42.7 Å². The molecule has 0 saturated carbocycles. The van der Waals surface area contributed by atoms with Crippen molar-refractivity contribution in [2.24, 2.45) is 0 Å². The molecule has 1 unspecified atom stereocenters. The van der Waals surface area contributed by atoms with Gasteiger partial charge in [0.1, 0.15) is 0 Å². The van der Waals surface area contributed by atoms with Gasteiger partial charge in [0, 0.05) is 43.7 Å². The summed E-state index contributed by atoms with van der Waals surface area (Å²) in [4.78, 5) is 21.1. The Hall–Kier alpha value is -2.54. The van der Waals surface area contributed by atoms with Gasteiger partial charge in [0.05, 0.1) is 4.92 Å². The van der Waals surface area contributed by atoms with Gasteiger partial charge in [-0.3, -0.25) is 15.0 Å². The van der Waals surface area contributed by atoms with Gasteiger partial charge in [-0.1, -0.05) is 12.1 Å². The summed E-state index contributed by atoms with van der Waals surface area (Å²) < 4.78 is 0. The lowest BCUT2D eigenvalue weighted by atomic mass is 10.0. The molecule has 120 valence electrons. The lowest BCUT2D eigenvalue weighted by molar-refractivity contribution is -0.384. The van der Waals surface area contributed by atoms with Gasteiger partial charge in [0.15, 0.2) is 0 Å². The molecule has 1 aliphatic rings. The number of nitrogens with one attached hydrogen (secondary N) is 1. The molecule has 2 aromatic rings. The summed E-state index contributed by atoms with van der Waals surface area (Å²) in [6.07, 6.45) is 5.66. The SMILES string of the molecule is O=[N+]([O-])c1ccc(CN2CCCC(Nc3ncccn3)C2)cc1. The second-order valence-electron chi connectivity index (χ2n) is 5.71. The van der Waals surface area contributed by atoms with Gasteiger partial charge < -0.3 is 5.32 Å². The number of hydrogen-bond donors (Lipinski definition) is 1. The van der Waals surface area contributed by atoms with Crippen molar-refractivity contribution in [3.05, 3.63) is 58.4 Å². The number of likely N-dealkylation sites (tertiary alicyclic amines) is 1. The first-order valence-electron chi connectivity index (χ1n) is 7.70. The number of hydrogen-bond acceptors (Lipinski definition) is 6. The highest BCUT2D eigenvalue weighted by molar-refractivity contribution is 5.33. The van der Waals surface area contributed by atoms with Gasteiger partial charge in [-0.05, 0) is 31.0 Å². The molecule has 23 heavy (non-hydrogen) atoms. The topological polar surface area (TPSA) is 84.2 Å². The zero-order valence-corrected chi connectivity index (χ0v) is 12.8. The Bertz CT molecular complexity index is 647. The van der Waals surface area contributed by atoms with E-state index >= 15 is 0 Å². The number of rotatable bonds is 5. The first-order chi connectivity index (χ1) is 11.2. The van der Waals surface area contributed by atoms with Crippen molar-refractivity contribution in [2.75, 3.05) is 18.4 Å². The van der Waals surface area contributed by atoms with E-state index in [-0.39, 0.29) is 10.6 Å². The molecule has 1 aromatic carbocycles. The molecule has 0 bridgehead atoms. The van der Waals surface area contributed by atoms with Gasteiger partial charge in [-0.2, -0.15) is 0 Å². The van der Waals surface area contributed by atoms with Crippen LogP contribution in [0.4, 0.5) is 11.6 Å². The number of nitrogens with zero attached hydrogens (tertiary/aromatic N) is 4. The molecule has 0 amide bonds. The van der Waals surface area contributed by atoms with E-state index in [0.717, 1.165) is 38.0 Å². The molecular formula is C16H19N5O2. The molecule has 0 aliphatic carbocycles. The Balaban J connectivity index is 1.57. The normalized spacial score (nSPS) is 18.5. The van der Waals surface area contributed by atoms with Gasteiger partial charge in [-0.15, -0.1) is 0 Å². The Kier molecular flexibility index (Phi) is 4.77. The molecule has 3 rings (SSSR count). The minimum absolute atomic E-state index is 0.133. The third-order valence-corrected chi connectivity index (χ3v) is 3.96. The maximum Gasteiger partial charge on any atom is 0.269 e. The summed E-state index contributed by atoms with van der Waals surface area (Å²) in [6, 6.07) is 8.90. The summed E-state index contributed by atoms with van der Waals surface area (Å²) in [5.74, 6) is 0.662. The molecule has 7 heteroatoms. The van der Waals surface area contributed by atoms with E-state index in [0.29, 0.717) is 12.0 Å². The summed E-state index contributed by atoms with van der Waals surface area (Å²) in [6.45, 7) is 2.74. The monoisotopic (exact) mass is 313 g/mol. The standard InChI is InChI=1S/C16H19N5O2/c22-21(23)15-6-4-13(5-7-15)11-20-10-1-3-14(12-20)19-16-17-8-2-9-18-16/h2,4-9,14H,1,3,10-12H2,(H,17,18,19). The molecule has 7 nitrogen and oxygen atoms in total. The summed E-state index contributed by atoms with van der Waals surface area (Å²) in [7, 11) is 0. The summed E-state index contributed by atoms with van der Waals surface area (Å²) >= 11 is 0. The highest BCUT2D eigenvalue weighted by Crippen LogP contribution is 2.18. The number of piperidine rings is 1. The smallest absolute Gasteiger partial charge is 0.269 e. The molecule has 2 heterocycles. The molecule has 1 aliphatic heterocycles. The van der Waals surface area contributed by atoms with Crippen LogP contribution in [0.3, 0.4) is 0 Å². The third kappa shape index (κ3) is 4.23. The van der Waals surface area contributed by atoms with Crippen molar-refractivity contribution in [3.8, 4) is 0 Å². The van der Waals surface area contributed by atoms with Crippen molar-refractivity contribution >= 4 is 11.6 Å². The number of aromatic nitrogens is 2. The fourth-order valence-corrected chi connectivity index (χ4v) is 2.85. The predicted octanol–water partition coefficient (Wildman–Crippen LogP) is 2.46. The van der Waals surface area contributed by atoms with E-state index < -0.39 is 0 Å². The Morgan fingerprint density at radius 3 is 2.70 bits per heavy atom. The van der Waals surface area contributed by atoms with Crippen LogP contribution in [0.5, 0.6) is 0 Å². The maximum atomic E-state index is 10.7. The van der Waals surface area contributed by atoms with Crippen molar-refractivity contribution in [2.45, 2.75) is 25.4 Å². The number of nitro groups is 1. The Morgan fingerprint density at radius 2 is 2.00 bits per heavy atom. The fraction of sp³-hybridized carbons (Fsp3) is 0.375. The Morgan fingerprint density at radius 1 is 1.26 bits per heavy atom. The molecule has 0 spiro atoms. The van der Waals surface area contributed by atoms with Crippen LogP contribution in [0.2, 0.25) is 0 Å². The van der Waals surface area contributed by atoms with Gasteiger partial charge >= 0.3 is 0 Å². The highest BCUT2D eigenvalue weighted by Gasteiger charge is 2.20. The van der Waals surface area contributed by atoms with Crippen molar-refractivity contribution < 1.29 is 4.92 Å². The largest absolute Gasteiger partial charge is 0.350 e. The van der Waals surface area contributed by atoms with Gasteiger partial charge in [0.2, 0.25) is 5.95 Å². The van der Waals surface area contributed by atoms with Gasteiger partial charge in [-0.25, -0.2) is 9.97 Å². The van der Waals surface area contributed by atoms with Gasteiger partial charge in [0.25, 0.3) is 5.69 Å². The van der Waals surface area contributed by atoms with Crippen LogP contribution < -0.4 is 5.32 Å². The highest BCUT2D eigenvalue weighted by atomic mass is 16.6. The summed E-state index contributed by atoms with van der Waals surface area (Å²) in [5.41, 5.74) is 1.22. The van der Waals surface area contributed by atoms with Crippen LogP contribution in [-0.4, -0.2) is 38.9 Å². The molecule has 1 saturated heterocycles. The van der Waals surface area contributed by atoms with Crippen LogP contribution in [0.1, 0.15) is 18.4 Å².